The first-order valence-electron chi connectivity index (χ1n) is 7.06. The number of amides is 1. The van der Waals surface area contributed by atoms with Crippen molar-refractivity contribution in [3.63, 3.8) is 0 Å². The third-order valence-electron chi connectivity index (χ3n) is 3.45. The average Bonchev–Trinajstić information content (AvgIpc) is 2.55. The van der Waals surface area contributed by atoms with Crippen LogP contribution in [0.5, 0.6) is 0 Å². The Balaban J connectivity index is 1.83. The molecule has 0 aliphatic carbocycles. The topological polar surface area (TPSA) is 29.1 Å². The summed E-state index contributed by atoms with van der Waals surface area (Å²) >= 11 is 5.93. The van der Waals surface area contributed by atoms with Crippen LogP contribution in [0.15, 0.2) is 66.7 Å². The van der Waals surface area contributed by atoms with Crippen LogP contribution in [-0.4, -0.2) is 5.91 Å². The molecular weight excluding hydrogens is 313 g/mol. The number of rotatable bonds is 3. The van der Waals surface area contributed by atoms with Crippen LogP contribution < -0.4 is 5.32 Å². The molecule has 3 aromatic rings. The number of benzene rings is 3. The summed E-state index contributed by atoms with van der Waals surface area (Å²) in [5, 5.41) is 5.04. The lowest BCUT2D eigenvalue weighted by molar-refractivity contribution is -0.111. The maximum absolute atomic E-state index is 13.7. The summed E-state index contributed by atoms with van der Waals surface area (Å²) in [6.07, 6.45) is 2.64. The Kier molecular flexibility index (Phi) is 4.40. The highest BCUT2D eigenvalue weighted by Gasteiger charge is 2.05. The van der Waals surface area contributed by atoms with Crippen LogP contribution in [0.2, 0.25) is 5.02 Å². The van der Waals surface area contributed by atoms with Crippen LogP contribution in [0.25, 0.3) is 16.8 Å². The molecule has 0 aliphatic heterocycles. The molecule has 0 heterocycles. The Bertz CT molecular complexity index is 879. The van der Waals surface area contributed by atoms with Gasteiger partial charge in [0, 0.05) is 22.7 Å². The smallest absolute Gasteiger partial charge is 0.248 e. The van der Waals surface area contributed by atoms with Crippen molar-refractivity contribution >= 4 is 40.0 Å². The molecule has 0 unspecified atom stereocenters. The Morgan fingerprint density at radius 2 is 1.74 bits per heavy atom. The maximum Gasteiger partial charge on any atom is 0.248 e. The molecule has 3 aromatic carbocycles. The minimum Gasteiger partial charge on any atom is -0.322 e. The van der Waals surface area contributed by atoms with Crippen LogP contribution in [-0.2, 0) is 4.79 Å². The van der Waals surface area contributed by atoms with Crippen molar-refractivity contribution in [2.24, 2.45) is 0 Å². The SMILES string of the molecule is O=C(C=Cc1c(F)cccc1Cl)Nc1cccc2ccccc12. The third-order valence-corrected chi connectivity index (χ3v) is 3.78. The van der Waals surface area contributed by atoms with Gasteiger partial charge in [0.05, 0.1) is 5.02 Å². The second-order valence-corrected chi connectivity index (χ2v) is 5.39. The first-order chi connectivity index (χ1) is 11.1. The fourth-order valence-electron chi connectivity index (χ4n) is 2.34. The normalized spacial score (nSPS) is 11.0. The van der Waals surface area contributed by atoms with E-state index in [9.17, 15) is 9.18 Å². The van der Waals surface area contributed by atoms with Gasteiger partial charge >= 0.3 is 0 Å². The van der Waals surface area contributed by atoms with Crippen LogP contribution in [0.1, 0.15) is 5.56 Å². The molecule has 0 saturated heterocycles. The minimum absolute atomic E-state index is 0.197. The van der Waals surface area contributed by atoms with Gasteiger partial charge in [-0.1, -0.05) is 54.1 Å². The quantitative estimate of drug-likeness (QED) is 0.652. The fourth-order valence-corrected chi connectivity index (χ4v) is 2.56. The van der Waals surface area contributed by atoms with Gasteiger partial charge in [-0.2, -0.15) is 0 Å². The van der Waals surface area contributed by atoms with E-state index in [0.29, 0.717) is 5.69 Å². The molecule has 114 valence electrons. The van der Waals surface area contributed by atoms with Crippen LogP contribution >= 0.6 is 11.6 Å². The fraction of sp³-hybridized carbons (Fsp3) is 0. The predicted molar refractivity (Wildman–Crippen MR) is 93.0 cm³/mol. The summed E-state index contributed by atoms with van der Waals surface area (Å²) in [6, 6.07) is 17.8. The minimum atomic E-state index is -0.466. The van der Waals surface area contributed by atoms with E-state index in [-0.39, 0.29) is 16.5 Å². The molecule has 0 aromatic heterocycles. The zero-order chi connectivity index (χ0) is 16.2. The molecule has 0 aliphatic rings. The maximum atomic E-state index is 13.7. The van der Waals surface area contributed by atoms with Gasteiger partial charge in [-0.25, -0.2) is 4.39 Å². The van der Waals surface area contributed by atoms with E-state index >= 15 is 0 Å². The van der Waals surface area contributed by atoms with Crippen molar-refractivity contribution in [2.45, 2.75) is 0 Å². The standard InChI is InChI=1S/C19H13ClFNO/c20-16-8-4-9-17(21)15(16)11-12-19(23)22-18-10-3-6-13-5-1-2-7-14(13)18/h1-12H,(H,22,23). The molecule has 0 saturated carbocycles. The molecule has 0 atom stereocenters. The zero-order valence-electron chi connectivity index (χ0n) is 12.1. The monoisotopic (exact) mass is 325 g/mol. The molecule has 3 rings (SSSR count). The molecule has 0 radical (unpaired) electrons. The van der Waals surface area contributed by atoms with Gasteiger partial charge in [0.25, 0.3) is 0 Å². The van der Waals surface area contributed by atoms with Crippen LogP contribution in [0.4, 0.5) is 10.1 Å². The number of carbonyl (C=O) groups is 1. The first kappa shape index (κ1) is 15.3. The van der Waals surface area contributed by atoms with Gasteiger partial charge in [-0.05, 0) is 29.7 Å². The van der Waals surface area contributed by atoms with Crippen molar-refractivity contribution in [1.82, 2.24) is 0 Å². The Labute approximate surface area is 138 Å². The van der Waals surface area contributed by atoms with Gasteiger partial charge in [-0.15, -0.1) is 0 Å². The van der Waals surface area contributed by atoms with Gasteiger partial charge in [-0.3, -0.25) is 4.79 Å². The number of fused-ring (bicyclic) bond motifs is 1. The average molecular weight is 326 g/mol. The molecule has 0 bridgehead atoms. The molecule has 1 N–H and O–H groups in total. The van der Waals surface area contributed by atoms with Crippen LogP contribution in [0.3, 0.4) is 0 Å². The molecule has 0 fully saturated rings. The Morgan fingerprint density at radius 1 is 1.00 bits per heavy atom. The van der Waals surface area contributed by atoms with Gasteiger partial charge in [0.1, 0.15) is 5.82 Å². The number of halogens is 2. The molecule has 2 nitrogen and oxygen atoms in total. The summed E-state index contributed by atoms with van der Waals surface area (Å²) < 4.78 is 13.7. The number of hydrogen-bond acceptors (Lipinski definition) is 1. The summed E-state index contributed by atoms with van der Waals surface area (Å²) in [4.78, 5) is 12.1. The lowest BCUT2D eigenvalue weighted by Gasteiger charge is -2.07. The van der Waals surface area contributed by atoms with Crippen molar-refractivity contribution < 1.29 is 9.18 Å². The van der Waals surface area contributed by atoms with E-state index in [1.165, 1.54) is 24.3 Å². The number of anilines is 1. The highest BCUT2D eigenvalue weighted by atomic mass is 35.5. The summed E-state index contributed by atoms with van der Waals surface area (Å²) in [7, 11) is 0. The van der Waals surface area contributed by atoms with Crippen molar-refractivity contribution in [3.05, 3.63) is 83.1 Å². The zero-order valence-corrected chi connectivity index (χ0v) is 12.8. The second-order valence-electron chi connectivity index (χ2n) is 4.98. The molecular formula is C19H13ClFNO. The Morgan fingerprint density at radius 3 is 2.57 bits per heavy atom. The lowest BCUT2D eigenvalue weighted by Crippen LogP contribution is -2.08. The summed E-state index contributed by atoms with van der Waals surface area (Å²) in [6.45, 7) is 0. The summed E-state index contributed by atoms with van der Waals surface area (Å²) in [5.74, 6) is -0.813. The third kappa shape index (κ3) is 3.41. The second kappa shape index (κ2) is 6.63. The molecule has 1 amide bonds. The van der Waals surface area contributed by atoms with Crippen molar-refractivity contribution in [3.8, 4) is 0 Å². The largest absolute Gasteiger partial charge is 0.322 e. The van der Waals surface area contributed by atoms with Crippen molar-refractivity contribution in [2.75, 3.05) is 5.32 Å². The van der Waals surface area contributed by atoms with E-state index < -0.39 is 5.82 Å². The van der Waals surface area contributed by atoms with E-state index in [1.807, 2.05) is 42.5 Å². The van der Waals surface area contributed by atoms with Gasteiger partial charge < -0.3 is 5.32 Å². The highest BCUT2D eigenvalue weighted by Crippen LogP contribution is 2.23. The number of carbonyl (C=O) groups excluding carboxylic acids is 1. The van der Waals surface area contributed by atoms with E-state index in [1.54, 1.807) is 6.07 Å². The predicted octanol–water partition coefficient (Wildman–Crippen LogP) is 5.28. The molecule has 0 spiro atoms. The summed E-state index contributed by atoms with van der Waals surface area (Å²) in [5.41, 5.74) is 0.902. The van der Waals surface area contributed by atoms with E-state index in [2.05, 4.69) is 5.32 Å². The van der Waals surface area contributed by atoms with Gasteiger partial charge in [0.15, 0.2) is 0 Å². The first-order valence-corrected chi connectivity index (χ1v) is 7.44. The number of nitrogens with one attached hydrogen (secondary N) is 1. The van der Waals surface area contributed by atoms with E-state index in [4.69, 9.17) is 11.6 Å². The molecule has 23 heavy (non-hydrogen) atoms. The molecule has 4 heteroatoms. The van der Waals surface area contributed by atoms with Crippen molar-refractivity contribution in [1.29, 1.82) is 0 Å². The van der Waals surface area contributed by atoms with E-state index in [0.717, 1.165) is 10.8 Å². The highest BCUT2D eigenvalue weighted by molar-refractivity contribution is 6.32. The van der Waals surface area contributed by atoms with Crippen LogP contribution in [0, 0.1) is 5.82 Å². The Hall–Kier alpha value is -2.65. The number of hydrogen-bond donors (Lipinski definition) is 1. The lowest BCUT2D eigenvalue weighted by atomic mass is 10.1. The van der Waals surface area contributed by atoms with Gasteiger partial charge in [0.2, 0.25) is 5.91 Å².